The van der Waals surface area contributed by atoms with Crippen molar-refractivity contribution in [1.29, 1.82) is 0 Å². The van der Waals surface area contributed by atoms with Gasteiger partial charge in [0.05, 0.1) is 6.04 Å². The summed E-state index contributed by atoms with van der Waals surface area (Å²) < 4.78 is 12.5. The number of nitrogens with two attached hydrogens (primary N) is 1. The summed E-state index contributed by atoms with van der Waals surface area (Å²) >= 11 is 4.12. The van der Waals surface area contributed by atoms with Gasteiger partial charge in [-0.05, 0) is 94.2 Å². The average Bonchev–Trinajstić information content (AvgIpc) is 3.05. The predicted molar refractivity (Wildman–Crippen MR) is 202 cm³/mol. The third-order valence-electron chi connectivity index (χ3n) is 10.3. The normalized spacial score (nSPS) is 18.0. The van der Waals surface area contributed by atoms with Gasteiger partial charge < -0.3 is 30.9 Å². The number of nitrogens with one attached hydrogen (secondary N) is 2. The summed E-state index contributed by atoms with van der Waals surface area (Å²) in [5.41, 5.74) is 9.14. The number of esters is 1. The van der Waals surface area contributed by atoms with Crippen molar-refractivity contribution in [3.63, 3.8) is 0 Å². The first-order chi connectivity index (χ1) is 23.5. The molecule has 5 atom stereocenters. The second-order valence-electron chi connectivity index (χ2n) is 15.4. The smallest absolute Gasteiger partial charge is 0.330 e. The Kier molecular flexibility index (Phi) is 18.1. The predicted octanol–water partition coefficient (Wildman–Crippen LogP) is 6.76. The summed E-state index contributed by atoms with van der Waals surface area (Å²) in [4.78, 5) is 48.6. The number of carboxylic acids is 1. The van der Waals surface area contributed by atoms with Gasteiger partial charge >= 0.3 is 11.9 Å². The summed E-state index contributed by atoms with van der Waals surface area (Å²) in [6.45, 7) is 17.0. The summed E-state index contributed by atoms with van der Waals surface area (Å²) in [5.74, 6) is 0.612. The molecule has 5 N–H and O–H groups in total. The third-order valence-corrected chi connectivity index (χ3v) is 10.6. The molecule has 0 fully saturated rings. The van der Waals surface area contributed by atoms with E-state index in [4.69, 9.17) is 20.3 Å². The fourth-order valence-corrected chi connectivity index (χ4v) is 6.99. The molecule has 1 heterocycles. The highest BCUT2D eigenvalue weighted by molar-refractivity contribution is 7.80. The molecule has 0 bridgehead atoms. The number of benzene rings is 1. The topological polar surface area (TPSA) is 157 Å². The molecule has 11 heteroatoms. The Morgan fingerprint density at radius 3 is 2.08 bits per heavy atom. The molecule has 0 saturated heterocycles. The zero-order valence-corrected chi connectivity index (χ0v) is 32.8. The Morgan fingerprint density at radius 2 is 1.50 bits per heavy atom. The average molecular weight is 720 g/mol. The molecule has 0 saturated carbocycles. The first kappa shape index (κ1) is 43.4. The van der Waals surface area contributed by atoms with Gasteiger partial charge in [0.25, 0.3) is 0 Å². The van der Waals surface area contributed by atoms with E-state index in [1.807, 2.05) is 20.8 Å². The van der Waals surface area contributed by atoms with Crippen LogP contribution >= 0.6 is 12.6 Å². The molecule has 1 aliphatic heterocycles. The number of amides is 2. The fourth-order valence-electron chi connectivity index (χ4n) is 6.73. The van der Waals surface area contributed by atoms with Crippen molar-refractivity contribution in [1.82, 2.24) is 10.6 Å². The van der Waals surface area contributed by atoms with E-state index in [9.17, 15) is 19.2 Å². The highest BCUT2D eigenvalue weighted by Gasteiger charge is 2.35. The number of thiol groups is 1. The summed E-state index contributed by atoms with van der Waals surface area (Å²) in [5, 5.41) is 13.7. The second kappa shape index (κ2) is 20.9. The van der Waals surface area contributed by atoms with Crippen LogP contribution < -0.4 is 25.8 Å². The van der Waals surface area contributed by atoms with Crippen molar-refractivity contribution in [2.24, 2.45) is 23.5 Å². The number of aliphatic carboxylic acids is 1. The standard InChI is InChI=1S/C39H65N3O7S/c1-24(2)12-9-13-25(3)14-10-15-26(4)16-11-20-39(8)21-19-30-29(7)35(27(5)28(6)36(30)49-39)48-34(45)22-41-38(47)32(23-50)42-37(46)31(40)17-18-33(43)44/h24-26,31-32,50H,9-23,40H2,1-8H3,(H,41,47)(H,42,46)(H,43,44)/t25-,26-,31+,32+,39-/m1/s1. The van der Waals surface area contributed by atoms with Gasteiger partial charge in [-0.3, -0.25) is 14.4 Å². The lowest BCUT2D eigenvalue weighted by Gasteiger charge is -2.38. The molecule has 0 aromatic heterocycles. The molecule has 2 rings (SSSR count). The lowest BCUT2D eigenvalue weighted by molar-refractivity contribution is -0.137. The number of ether oxygens (including phenoxy) is 2. The summed E-state index contributed by atoms with van der Waals surface area (Å²) in [6.07, 6.45) is 12.6. The second-order valence-corrected chi connectivity index (χ2v) is 15.8. The maximum atomic E-state index is 12.9. The lowest BCUT2D eigenvalue weighted by Crippen LogP contribution is -2.53. The quantitative estimate of drug-likeness (QED) is 0.0500. The molecule has 2 amide bonds. The maximum absolute atomic E-state index is 12.9. The van der Waals surface area contributed by atoms with Gasteiger partial charge in [0.2, 0.25) is 11.8 Å². The lowest BCUT2D eigenvalue weighted by atomic mass is 9.83. The van der Waals surface area contributed by atoms with Gasteiger partial charge in [0.15, 0.2) is 0 Å². The van der Waals surface area contributed by atoms with Crippen molar-refractivity contribution < 1.29 is 33.8 Å². The van der Waals surface area contributed by atoms with E-state index in [1.165, 1.54) is 44.9 Å². The molecule has 0 unspecified atom stereocenters. The minimum absolute atomic E-state index is 0.0451. The molecule has 0 spiro atoms. The van der Waals surface area contributed by atoms with E-state index < -0.39 is 42.4 Å². The number of carboxylic acid groups (broad SMARTS) is 1. The fraction of sp³-hybridized carbons (Fsp3) is 0.744. The van der Waals surface area contributed by atoms with Crippen LogP contribution in [0, 0.1) is 38.5 Å². The van der Waals surface area contributed by atoms with Crippen LogP contribution in [0.25, 0.3) is 0 Å². The van der Waals surface area contributed by atoms with Crippen LogP contribution in [0.2, 0.25) is 0 Å². The van der Waals surface area contributed by atoms with Crippen LogP contribution in [0.3, 0.4) is 0 Å². The third kappa shape index (κ3) is 14.1. The molecule has 0 radical (unpaired) electrons. The van der Waals surface area contributed by atoms with Gasteiger partial charge in [-0.15, -0.1) is 0 Å². The van der Waals surface area contributed by atoms with Gasteiger partial charge in [0, 0.05) is 17.7 Å². The number of fused-ring (bicyclic) bond motifs is 1. The largest absolute Gasteiger partial charge is 0.487 e. The van der Waals surface area contributed by atoms with Crippen molar-refractivity contribution in [3.8, 4) is 11.5 Å². The van der Waals surface area contributed by atoms with Gasteiger partial charge in [0.1, 0.15) is 29.7 Å². The highest BCUT2D eigenvalue weighted by atomic mass is 32.1. The van der Waals surface area contributed by atoms with Crippen LogP contribution in [0.4, 0.5) is 0 Å². The molecule has 10 nitrogen and oxygen atoms in total. The maximum Gasteiger partial charge on any atom is 0.330 e. The van der Waals surface area contributed by atoms with Crippen LogP contribution in [-0.4, -0.2) is 58.8 Å². The van der Waals surface area contributed by atoms with Gasteiger partial charge in [-0.25, -0.2) is 4.79 Å². The van der Waals surface area contributed by atoms with Crippen molar-refractivity contribution in [2.45, 2.75) is 157 Å². The van der Waals surface area contributed by atoms with Crippen molar-refractivity contribution in [2.75, 3.05) is 12.3 Å². The molecule has 50 heavy (non-hydrogen) atoms. The minimum atomic E-state index is -1.09. The van der Waals surface area contributed by atoms with E-state index in [0.717, 1.165) is 65.5 Å². The molecule has 1 aliphatic rings. The Morgan fingerprint density at radius 1 is 0.900 bits per heavy atom. The number of hydrogen-bond donors (Lipinski definition) is 5. The van der Waals surface area contributed by atoms with Crippen molar-refractivity contribution in [3.05, 3.63) is 22.3 Å². The molecule has 1 aromatic rings. The number of carbonyl (C=O) groups is 4. The van der Waals surface area contributed by atoms with E-state index >= 15 is 0 Å². The Labute approximate surface area is 306 Å². The Bertz CT molecular complexity index is 1300. The first-order valence-corrected chi connectivity index (χ1v) is 19.3. The summed E-state index contributed by atoms with van der Waals surface area (Å²) in [7, 11) is 0. The summed E-state index contributed by atoms with van der Waals surface area (Å²) in [6, 6.07) is -2.15. The van der Waals surface area contributed by atoms with Crippen LogP contribution in [0.15, 0.2) is 0 Å². The van der Waals surface area contributed by atoms with E-state index in [1.54, 1.807) is 0 Å². The van der Waals surface area contributed by atoms with E-state index in [-0.39, 0.29) is 24.2 Å². The Balaban J connectivity index is 1.90. The molecule has 1 aromatic carbocycles. The zero-order valence-electron chi connectivity index (χ0n) is 31.9. The number of carbonyl (C=O) groups excluding carboxylic acids is 3. The highest BCUT2D eigenvalue weighted by Crippen LogP contribution is 2.45. The van der Waals surface area contributed by atoms with Crippen molar-refractivity contribution >= 4 is 36.4 Å². The number of hydrogen-bond acceptors (Lipinski definition) is 8. The molecular formula is C39H65N3O7S. The van der Waals surface area contributed by atoms with Crippen LogP contribution in [0.5, 0.6) is 11.5 Å². The van der Waals surface area contributed by atoms with Crippen LogP contribution in [-0.2, 0) is 25.6 Å². The van der Waals surface area contributed by atoms with Crippen LogP contribution in [0.1, 0.15) is 134 Å². The first-order valence-electron chi connectivity index (χ1n) is 18.7. The molecular weight excluding hydrogens is 655 g/mol. The SMILES string of the molecule is Cc1c(C)c2c(c(C)c1OC(=O)CNC(=O)[C@H](CS)NC(=O)[C@@H](N)CCC(=O)O)CC[C@@](C)(CCC[C@H](C)CCC[C@H](C)CCCC(C)C)O2. The molecule has 284 valence electrons. The number of rotatable bonds is 22. The van der Waals surface area contributed by atoms with Gasteiger partial charge in [-0.2, -0.15) is 12.6 Å². The Hall–Kier alpha value is -2.79. The zero-order chi connectivity index (χ0) is 37.6. The van der Waals surface area contributed by atoms with E-state index in [0.29, 0.717) is 11.7 Å². The molecule has 0 aliphatic carbocycles. The minimum Gasteiger partial charge on any atom is -0.487 e. The monoisotopic (exact) mass is 719 g/mol. The van der Waals surface area contributed by atoms with Gasteiger partial charge in [-0.1, -0.05) is 72.6 Å². The van der Waals surface area contributed by atoms with E-state index in [2.05, 4.69) is 57.9 Å².